The number of carboxylic acids is 1. The highest BCUT2D eigenvalue weighted by atomic mass is 16.5. The summed E-state index contributed by atoms with van der Waals surface area (Å²) >= 11 is 0. The Morgan fingerprint density at radius 3 is 2.35 bits per heavy atom. The molecule has 0 aliphatic rings. The molecule has 3 aromatic rings. The van der Waals surface area contributed by atoms with Crippen molar-refractivity contribution in [3.05, 3.63) is 64.6 Å². The molecule has 3 rings (SSSR count). The van der Waals surface area contributed by atoms with Crippen molar-refractivity contribution >= 4 is 28.6 Å². The number of benzene rings is 2. The number of rotatable bonds is 11. The number of hydrogen-bond donors (Lipinski definition) is 1. The van der Waals surface area contributed by atoms with Gasteiger partial charge < -0.3 is 23.9 Å². The monoisotopic (exact) mass is 465 g/mol. The molecule has 0 spiro atoms. The van der Waals surface area contributed by atoms with Crippen LogP contribution in [0.4, 0.5) is 0 Å². The SMILES string of the molecule is CCN(CC)CCOc1cc(C)c2c(C)oc(C(=O)O)c2c1C(=O)/C=C/c1ccc(OC)cc1. The molecule has 0 unspecified atom stereocenters. The second-order valence-electron chi connectivity index (χ2n) is 7.96. The predicted octanol–water partition coefficient (Wildman–Crippen LogP) is 5.37. The van der Waals surface area contributed by atoms with E-state index in [1.165, 1.54) is 6.08 Å². The summed E-state index contributed by atoms with van der Waals surface area (Å²) in [6, 6.07) is 9.06. The van der Waals surface area contributed by atoms with E-state index < -0.39 is 5.97 Å². The van der Waals surface area contributed by atoms with Gasteiger partial charge >= 0.3 is 5.97 Å². The first-order valence-corrected chi connectivity index (χ1v) is 11.3. The lowest BCUT2D eigenvalue weighted by Gasteiger charge is -2.19. The van der Waals surface area contributed by atoms with Crippen LogP contribution in [0.1, 0.15) is 51.6 Å². The zero-order valence-electron chi connectivity index (χ0n) is 20.3. The number of aryl methyl sites for hydroxylation is 2. The summed E-state index contributed by atoms with van der Waals surface area (Å²) in [5.41, 5.74) is 1.79. The molecule has 0 amide bonds. The molecule has 0 bridgehead atoms. The molecule has 0 fully saturated rings. The van der Waals surface area contributed by atoms with Crippen molar-refractivity contribution in [2.45, 2.75) is 27.7 Å². The number of nitrogens with zero attached hydrogens (tertiary/aromatic N) is 1. The normalized spacial score (nSPS) is 11.5. The molecule has 34 heavy (non-hydrogen) atoms. The number of carboxylic acid groups (broad SMARTS) is 1. The maximum absolute atomic E-state index is 13.4. The molecule has 2 aromatic carbocycles. The van der Waals surface area contributed by atoms with Crippen molar-refractivity contribution < 1.29 is 28.6 Å². The Balaban J connectivity index is 2.07. The van der Waals surface area contributed by atoms with Gasteiger partial charge in [0.25, 0.3) is 0 Å². The smallest absolute Gasteiger partial charge is 0.372 e. The molecule has 0 saturated heterocycles. The highest BCUT2D eigenvalue weighted by Crippen LogP contribution is 2.38. The second kappa shape index (κ2) is 11.0. The van der Waals surface area contributed by atoms with E-state index in [4.69, 9.17) is 13.9 Å². The lowest BCUT2D eigenvalue weighted by molar-refractivity contribution is 0.0663. The number of aromatic carboxylic acids is 1. The summed E-state index contributed by atoms with van der Waals surface area (Å²) in [5, 5.41) is 10.7. The molecule has 180 valence electrons. The summed E-state index contributed by atoms with van der Waals surface area (Å²) in [7, 11) is 1.59. The molecule has 0 aliphatic carbocycles. The van der Waals surface area contributed by atoms with E-state index >= 15 is 0 Å². The maximum atomic E-state index is 13.4. The summed E-state index contributed by atoms with van der Waals surface area (Å²) in [6.45, 7) is 10.5. The third-order valence-electron chi connectivity index (χ3n) is 5.87. The Bertz CT molecular complexity index is 1200. The van der Waals surface area contributed by atoms with E-state index in [9.17, 15) is 14.7 Å². The lowest BCUT2D eigenvalue weighted by Crippen LogP contribution is -2.28. The van der Waals surface area contributed by atoms with Crippen LogP contribution < -0.4 is 9.47 Å². The van der Waals surface area contributed by atoms with Crippen LogP contribution in [0.25, 0.3) is 16.8 Å². The van der Waals surface area contributed by atoms with E-state index in [0.717, 1.165) is 24.2 Å². The van der Waals surface area contributed by atoms with Crippen molar-refractivity contribution in [1.82, 2.24) is 4.90 Å². The zero-order valence-corrected chi connectivity index (χ0v) is 20.3. The Hall–Kier alpha value is -3.58. The highest BCUT2D eigenvalue weighted by Gasteiger charge is 2.27. The van der Waals surface area contributed by atoms with Crippen LogP contribution in [0.15, 0.2) is 40.8 Å². The average molecular weight is 466 g/mol. The summed E-state index contributed by atoms with van der Waals surface area (Å²) in [6.07, 6.45) is 3.11. The first-order valence-electron chi connectivity index (χ1n) is 11.3. The van der Waals surface area contributed by atoms with Gasteiger partial charge in [0.15, 0.2) is 5.78 Å². The van der Waals surface area contributed by atoms with Crippen molar-refractivity contribution in [1.29, 1.82) is 0 Å². The molecule has 0 atom stereocenters. The molecular formula is C27H31NO6. The Kier molecular flexibility index (Phi) is 8.12. The van der Waals surface area contributed by atoms with Gasteiger partial charge in [-0.2, -0.15) is 0 Å². The number of hydrogen-bond acceptors (Lipinski definition) is 6. The number of furan rings is 1. The number of ketones is 1. The molecule has 0 radical (unpaired) electrons. The zero-order chi connectivity index (χ0) is 24.8. The van der Waals surface area contributed by atoms with Gasteiger partial charge in [-0.3, -0.25) is 4.79 Å². The summed E-state index contributed by atoms with van der Waals surface area (Å²) < 4.78 is 16.8. The number of allylic oxidation sites excluding steroid dienone is 1. The molecule has 1 aromatic heterocycles. The number of ether oxygens (including phenoxy) is 2. The number of likely N-dealkylation sites (N-methyl/N-ethyl adjacent to an activating group) is 1. The van der Waals surface area contributed by atoms with E-state index in [0.29, 0.717) is 35.8 Å². The highest BCUT2D eigenvalue weighted by molar-refractivity contribution is 6.21. The van der Waals surface area contributed by atoms with Crippen LogP contribution in [0.3, 0.4) is 0 Å². The molecule has 0 aliphatic heterocycles. The van der Waals surface area contributed by atoms with Crippen molar-refractivity contribution in [2.24, 2.45) is 0 Å². The van der Waals surface area contributed by atoms with Crippen molar-refractivity contribution in [2.75, 3.05) is 33.4 Å². The van der Waals surface area contributed by atoms with Gasteiger partial charge in [0.2, 0.25) is 5.76 Å². The van der Waals surface area contributed by atoms with E-state index in [1.807, 2.05) is 19.1 Å². The second-order valence-corrected chi connectivity index (χ2v) is 7.96. The molecule has 1 N–H and O–H groups in total. The van der Waals surface area contributed by atoms with Gasteiger partial charge in [0.05, 0.1) is 18.1 Å². The minimum atomic E-state index is -1.23. The minimum absolute atomic E-state index is 0.194. The molecule has 7 nitrogen and oxygen atoms in total. The van der Waals surface area contributed by atoms with Crippen LogP contribution in [0.5, 0.6) is 11.5 Å². The fraction of sp³-hybridized carbons (Fsp3) is 0.333. The average Bonchev–Trinajstić information content (AvgIpc) is 3.18. The molecule has 0 saturated carbocycles. The maximum Gasteiger partial charge on any atom is 0.372 e. The summed E-state index contributed by atoms with van der Waals surface area (Å²) in [4.78, 5) is 27.6. The Morgan fingerprint density at radius 2 is 1.76 bits per heavy atom. The topological polar surface area (TPSA) is 89.2 Å². The van der Waals surface area contributed by atoms with Crippen LogP contribution in [0.2, 0.25) is 0 Å². The van der Waals surface area contributed by atoms with Gasteiger partial charge in [-0.1, -0.05) is 32.1 Å². The molecular weight excluding hydrogens is 434 g/mol. The summed E-state index contributed by atoms with van der Waals surface area (Å²) in [5.74, 6) is -0.330. The van der Waals surface area contributed by atoms with Gasteiger partial charge in [-0.05, 0) is 62.3 Å². The molecule has 7 heteroatoms. The molecule has 1 heterocycles. The van der Waals surface area contributed by atoms with Crippen LogP contribution >= 0.6 is 0 Å². The largest absolute Gasteiger partial charge is 0.497 e. The third-order valence-corrected chi connectivity index (χ3v) is 5.87. The van der Waals surface area contributed by atoms with E-state index in [2.05, 4.69) is 18.7 Å². The van der Waals surface area contributed by atoms with Gasteiger partial charge in [-0.25, -0.2) is 4.79 Å². The number of carbonyl (C=O) groups excluding carboxylic acids is 1. The number of methoxy groups -OCH3 is 1. The Morgan fingerprint density at radius 1 is 1.09 bits per heavy atom. The van der Waals surface area contributed by atoms with Crippen molar-refractivity contribution in [3.8, 4) is 11.5 Å². The Labute approximate surface area is 199 Å². The number of carbonyl (C=O) groups is 2. The first kappa shape index (κ1) is 25.1. The third kappa shape index (κ3) is 5.31. The van der Waals surface area contributed by atoms with Crippen LogP contribution in [0, 0.1) is 13.8 Å². The standard InChI is InChI=1S/C27H31NO6/c1-6-28(7-2)14-15-33-22-16-17(3)23-18(4)34-26(27(30)31)25(23)24(22)21(29)13-10-19-8-11-20(32-5)12-9-19/h8-13,16H,6-7,14-15H2,1-5H3,(H,30,31)/b13-10+. The van der Waals surface area contributed by atoms with E-state index in [1.54, 1.807) is 38.3 Å². The van der Waals surface area contributed by atoms with Gasteiger partial charge in [-0.15, -0.1) is 0 Å². The number of fused-ring (bicyclic) bond motifs is 1. The van der Waals surface area contributed by atoms with Gasteiger partial charge in [0, 0.05) is 11.9 Å². The van der Waals surface area contributed by atoms with Crippen LogP contribution in [-0.4, -0.2) is 55.1 Å². The fourth-order valence-corrected chi connectivity index (χ4v) is 4.03. The van der Waals surface area contributed by atoms with Crippen molar-refractivity contribution in [3.63, 3.8) is 0 Å². The quantitative estimate of drug-likeness (QED) is 0.301. The van der Waals surface area contributed by atoms with Gasteiger partial charge in [0.1, 0.15) is 23.9 Å². The minimum Gasteiger partial charge on any atom is -0.497 e. The predicted molar refractivity (Wildman–Crippen MR) is 132 cm³/mol. The van der Waals surface area contributed by atoms with E-state index in [-0.39, 0.29) is 22.5 Å². The lowest BCUT2D eigenvalue weighted by atomic mass is 9.96. The van der Waals surface area contributed by atoms with Crippen LogP contribution in [-0.2, 0) is 0 Å². The fourth-order valence-electron chi connectivity index (χ4n) is 4.03. The first-order chi connectivity index (χ1) is 16.3.